The van der Waals surface area contributed by atoms with Crippen molar-refractivity contribution in [1.29, 1.82) is 0 Å². The number of hydrogen-bond acceptors (Lipinski definition) is 6. The van der Waals surface area contributed by atoms with E-state index in [1.54, 1.807) is 0 Å². The summed E-state index contributed by atoms with van der Waals surface area (Å²) < 4.78 is 16.4. The predicted octanol–water partition coefficient (Wildman–Crippen LogP) is 19.2. The fourth-order valence-electron chi connectivity index (χ4n) is 17.0. The van der Waals surface area contributed by atoms with Crippen LogP contribution in [0.3, 0.4) is 0 Å². The van der Waals surface area contributed by atoms with Crippen molar-refractivity contribution in [3.63, 3.8) is 0 Å². The Hall–Kier alpha value is -11.2. The first-order chi connectivity index (χ1) is 50.1. The minimum Gasteiger partial charge on any atom is -0.0602 e. The van der Waals surface area contributed by atoms with Crippen LogP contribution in [0.2, 0.25) is 0 Å². The van der Waals surface area contributed by atoms with Gasteiger partial charge in [-0.2, -0.15) is 0 Å². The second-order valence-electron chi connectivity index (χ2n) is 26.7. The molecular weight excluding hydrogens is 1430 g/mol. The Morgan fingerprint density at radius 1 is 0.228 bits per heavy atom. The second kappa shape index (κ2) is 22.7. The monoisotopic (exact) mass is 1480 g/mol. The van der Waals surface area contributed by atoms with E-state index < -0.39 is 0 Å². The molecule has 0 radical (unpaired) electrons. The molecule has 0 saturated heterocycles. The third-order valence-corrected chi connectivity index (χ3v) is 28.4. The van der Waals surface area contributed by atoms with Gasteiger partial charge in [0.1, 0.15) is 0 Å². The molecule has 0 spiro atoms. The molecule has 0 bridgehead atoms. The molecule has 0 unspecified atom stereocenters. The van der Waals surface area contributed by atoms with Crippen molar-refractivity contribution < 1.29 is 4.74 Å². The summed E-state index contributed by atoms with van der Waals surface area (Å²) in [4.78, 5) is 12.6. The Morgan fingerprint density at radius 3 is 1.16 bits per heavy atom. The molecule has 0 saturated carbocycles. The quantitative estimate of drug-likeness (QED) is 0.134. The van der Waals surface area contributed by atoms with Gasteiger partial charge in [-0.15, -0.1) is 0 Å². The molecule has 4 aliphatic heterocycles. The van der Waals surface area contributed by atoms with Gasteiger partial charge in [0, 0.05) is 17.1 Å². The summed E-state index contributed by atoms with van der Waals surface area (Å²) in [6.07, 6.45) is 0. The van der Waals surface area contributed by atoms with E-state index in [1.165, 1.54) is 85.4 Å². The van der Waals surface area contributed by atoms with Gasteiger partial charge in [-0.3, -0.25) is 0 Å². The van der Waals surface area contributed by atoms with E-state index in [1.807, 2.05) is 0 Å². The first-order valence-electron chi connectivity index (χ1n) is 34.4. The van der Waals surface area contributed by atoms with E-state index in [0.717, 1.165) is 102 Å². The zero-order chi connectivity index (χ0) is 66.0. The van der Waals surface area contributed by atoms with Gasteiger partial charge in [-0.25, -0.2) is 0 Å². The fraction of sp³-hybridized carbons (Fsp3) is 0. The summed E-state index contributed by atoms with van der Waals surface area (Å²) in [5, 5.41) is 7.94. The summed E-state index contributed by atoms with van der Waals surface area (Å²) in [5.74, 6) is 1.68. The topological polar surface area (TPSA) is 25.4 Å². The predicted molar refractivity (Wildman–Crippen MR) is 432 cm³/mol. The Bertz CT molecular complexity index is 6420. The van der Waals surface area contributed by atoms with Crippen LogP contribution < -0.4 is 62.0 Å². The Morgan fingerprint density at radius 2 is 0.624 bits per heavy atom. The molecule has 6 nitrogen and oxygen atoms in total. The summed E-state index contributed by atoms with van der Waals surface area (Å²) in [5.41, 5.74) is 23.7. The molecule has 0 N–H and O–H groups in total. The minimum atomic E-state index is -0.202. The molecule has 3 aromatic heterocycles. The summed E-state index contributed by atoms with van der Waals surface area (Å²) in [6, 6.07) is 126. The molecule has 7 heterocycles. The van der Waals surface area contributed by atoms with Gasteiger partial charge < -0.3 is 9.80 Å². The largest absolute Gasteiger partial charge is 0.0602 e. The second-order valence-corrected chi connectivity index (χ2v) is 33.5. The number of anilines is 15. The molecule has 22 rings (SSSR count). The number of nitrogens with zero attached hydrogens (tertiary/aromatic N) is 5. The van der Waals surface area contributed by atoms with Crippen molar-refractivity contribution in [2.24, 2.45) is 0 Å². The van der Waals surface area contributed by atoms with Crippen LogP contribution in [0, 0.1) is 0 Å². The van der Waals surface area contributed by atoms with Gasteiger partial charge >= 0.3 is 465 Å². The molecule has 0 fully saturated rings. The van der Waals surface area contributed by atoms with Crippen LogP contribution in [0.4, 0.5) is 85.3 Å². The third-order valence-electron chi connectivity index (χ3n) is 21.2. The average molecular weight is 1480 g/mol. The number of rotatable bonds is 9. The standard InChI is InChI=1S/C90H55B2N5OSe3/c1-5-23-56(24-6-1)93(57-25-7-2-8-26-57)64-52-80-90-82(53-64)98-81-55-77-73(54-74(81)92(90)72-35-17-18-36-75(72)95(80)59-29-11-4-12-30-59)91-71-34-16-19-37-76(71)96(61-42-45-87-69(48-61)66-32-14-21-39-84(66)100-87)78-50-63(51-79(89(78)91)97(77)62-43-46-88-70(49-62)67-33-15-22-40-85(67)101-88)94(58-27-9-3-10-28-58)60-41-44-86-68(47-60)65-31-13-20-38-83(65)99-86/h1-55H. The van der Waals surface area contributed by atoms with Gasteiger partial charge in [0.2, 0.25) is 0 Å². The Kier molecular flexibility index (Phi) is 12.9. The number of ether oxygens (including phenoxy) is 1. The van der Waals surface area contributed by atoms with Crippen LogP contribution >= 0.6 is 0 Å². The van der Waals surface area contributed by atoms with Gasteiger partial charge in [-0.05, 0) is 48.5 Å². The average Bonchev–Trinajstić information content (AvgIpc) is 1.43. The Labute approximate surface area is 602 Å². The number of hydrogen-bond donors (Lipinski definition) is 0. The van der Waals surface area contributed by atoms with Crippen molar-refractivity contribution >= 4 is 233 Å². The third kappa shape index (κ3) is 8.86. The first kappa shape index (κ1) is 57.7. The molecule has 11 heteroatoms. The Balaban J connectivity index is 0.843. The van der Waals surface area contributed by atoms with Gasteiger partial charge in [-0.1, -0.05) is 66.7 Å². The maximum absolute atomic E-state index is 7.91. The van der Waals surface area contributed by atoms with Crippen LogP contribution in [-0.2, 0) is 0 Å². The maximum Gasteiger partial charge on any atom is -0.0380 e. The number of para-hydroxylation sites is 6. The van der Waals surface area contributed by atoms with Crippen LogP contribution in [-0.4, -0.2) is 56.9 Å². The van der Waals surface area contributed by atoms with Crippen LogP contribution in [0.1, 0.15) is 0 Å². The molecule has 0 amide bonds. The summed E-state index contributed by atoms with van der Waals surface area (Å²) in [6.45, 7) is -0.394. The van der Waals surface area contributed by atoms with Gasteiger partial charge in [0.15, 0.2) is 0 Å². The van der Waals surface area contributed by atoms with E-state index in [0.29, 0.717) is 0 Å². The van der Waals surface area contributed by atoms with E-state index in [4.69, 9.17) is 4.74 Å². The fourth-order valence-corrected chi connectivity index (χ4v) is 23.8. The van der Waals surface area contributed by atoms with Crippen molar-refractivity contribution in [3.8, 4) is 11.5 Å². The normalized spacial score (nSPS) is 13.1. The zero-order valence-corrected chi connectivity index (χ0v) is 59.4. The van der Waals surface area contributed by atoms with E-state index in [-0.39, 0.29) is 56.9 Å². The van der Waals surface area contributed by atoms with E-state index in [9.17, 15) is 0 Å². The van der Waals surface area contributed by atoms with Crippen LogP contribution in [0.25, 0.3) is 57.9 Å². The van der Waals surface area contributed by atoms with Crippen molar-refractivity contribution in [1.82, 2.24) is 0 Å². The van der Waals surface area contributed by atoms with Gasteiger partial charge in [0.05, 0.1) is 0 Å². The molecule has 15 aromatic carbocycles. The van der Waals surface area contributed by atoms with Crippen LogP contribution in [0.15, 0.2) is 334 Å². The van der Waals surface area contributed by atoms with Crippen molar-refractivity contribution in [3.05, 3.63) is 334 Å². The smallest absolute Gasteiger partial charge is 0.0380 e. The zero-order valence-electron chi connectivity index (χ0n) is 54.3. The van der Waals surface area contributed by atoms with Crippen molar-refractivity contribution in [2.75, 3.05) is 24.5 Å². The molecule has 0 atom stereocenters. The van der Waals surface area contributed by atoms with Crippen molar-refractivity contribution in [2.45, 2.75) is 0 Å². The summed E-state index contributed by atoms with van der Waals surface area (Å²) >= 11 is 0.595. The summed E-state index contributed by atoms with van der Waals surface area (Å²) in [7, 11) is 0. The minimum absolute atomic E-state index is 0.171. The number of fused-ring (bicyclic) bond motifs is 17. The van der Waals surface area contributed by atoms with Gasteiger partial charge in [0.25, 0.3) is 0 Å². The molecule has 101 heavy (non-hydrogen) atoms. The number of benzene rings is 15. The van der Waals surface area contributed by atoms with E-state index in [2.05, 4.69) is 358 Å². The van der Waals surface area contributed by atoms with E-state index >= 15 is 0 Å². The maximum atomic E-state index is 7.91. The molecule has 18 aromatic rings. The SMILES string of the molecule is c1ccc(N(c2ccccc2)c2cc3c4c(c2)N(c2ccccc2)c2ccccc2B4c2cc4c(cc2O3)N(c2ccc3[se]c5ccccc5c3c2)c2cc(N(c3ccccc3)c3ccc5[se]c6ccccc6c5c3)cc3c2B4c2ccccc2N3c2ccc3[se]c4ccccc4c3c2)cc1. The molecule has 470 valence electrons. The molecule has 0 aliphatic carbocycles. The molecule has 4 aliphatic rings. The molecular formula is C90H55B2N5OSe3. The first-order valence-corrected chi connectivity index (χ1v) is 39.6. The van der Waals surface area contributed by atoms with Crippen LogP contribution in [0.5, 0.6) is 11.5 Å².